The number of likely N-dealkylation sites (tertiary alicyclic amines) is 1. The summed E-state index contributed by atoms with van der Waals surface area (Å²) in [6.45, 7) is 12.1. The fourth-order valence-corrected chi connectivity index (χ4v) is 5.74. The van der Waals surface area contributed by atoms with Gasteiger partial charge in [0, 0.05) is 34.7 Å². The van der Waals surface area contributed by atoms with Gasteiger partial charge in [0.1, 0.15) is 0 Å². The van der Waals surface area contributed by atoms with Crippen molar-refractivity contribution in [3.63, 3.8) is 0 Å². The molecule has 29 heavy (non-hydrogen) atoms. The van der Waals surface area contributed by atoms with Crippen molar-refractivity contribution >= 4 is 28.9 Å². The number of hydrogen-bond acceptors (Lipinski definition) is 3. The van der Waals surface area contributed by atoms with Crippen molar-refractivity contribution in [1.29, 1.82) is 0 Å². The van der Waals surface area contributed by atoms with Gasteiger partial charge in [0.2, 0.25) is 0 Å². The van der Waals surface area contributed by atoms with Crippen LogP contribution in [0.3, 0.4) is 0 Å². The van der Waals surface area contributed by atoms with E-state index in [1.165, 1.54) is 0 Å². The van der Waals surface area contributed by atoms with Crippen LogP contribution in [-0.2, 0) is 6.54 Å². The van der Waals surface area contributed by atoms with Crippen LogP contribution in [0.4, 0.5) is 0 Å². The zero-order valence-corrected chi connectivity index (χ0v) is 20.2. The van der Waals surface area contributed by atoms with Gasteiger partial charge in [-0.25, -0.2) is 0 Å². The van der Waals surface area contributed by atoms with Gasteiger partial charge in [0.05, 0.1) is 0 Å². The zero-order chi connectivity index (χ0) is 21.2. The Morgan fingerprint density at radius 3 is 2.34 bits per heavy atom. The summed E-state index contributed by atoms with van der Waals surface area (Å²) in [4.78, 5) is 4.80. The molecule has 2 aliphatic heterocycles. The van der Waals surface area contributed by atoms with E-state index in [0.717, 1.165) is 61.0 Å². The van der Waals surface area contributed by atoms with E-state index in [0.29, 0.717) is 12.1 Å². The van der Waals surface area contributed by atoms with E-state index in [4.69, 9.17) is 23.8 Å². The third-order valence-electron chi connectivity index (χ3n) is 6.21. The molecule has 0 bridgehead atoms. The lowest BCUT2D eigenvalue weighted by Gasteiger charge is -2.48. The third kappa shape index (κ3) is 6.30. The molecule has 2 N–H and O–H groups in total. The molecule has 6 heteroatoms. The first-order chi connectivity index (χ1) is 13.5. The maximum absolute atomic E-state index is 6.49. The highest BCUT2D eigenvalue weighted by Gasteiger charge is 2.38. The molecule has 1 aromatic carbocycles. The molecule has 2 heterocycles. The van der Waals surface area contributed by atoms with Crippen molar-refractivity contribution in [3.8, 4) is 0 Å². The minimum Gasteiger partial charge on any atom is -0.360 e. The molecule has 0 saturated carbocycles. The summed E-state index contributed by atoms with van der Waals surface area (Å²) in [7, 11) is 2.20. The summed E-state index contributed by atoms with van der Waals surface area (Å²) in [5, 5.41) is 9.19. The summed E-state index contributed by atoms with van der Waals surface area (Å²) >= 11 is 12.5. The topological polar surface area (TPSA) is 30.5 Å². The van der Waals surface area contributed by atoms with Crippen LogP contribution in [0.25, 0.3) is 0 Å². The molecule has 0 aromatic heterocycles. The number of piperidine rings is 2. The molecule has 2 fully saturated rings. The fraction of sp³-hybridized carbons (Fsp3) is 0.696. The van der Waals surface area contributed by atoms with Gasteiger partial charge >= 0.3 is 0 Å². The largest absolute Gasteiger partial charge is 0.360 e. The highest BCUT2D eigenvalue weighted by atomic mass is 35.5. The van der Waals surface area contributed by atoms with Crippen LogP contribution in [0, 0.1) is 0 Å². The summed E-state index contributed by atoms with van der Waals surface area (Å²) in [6.07, 6.45) is 4.38. The van der Waals surface area contributed by atoms with Gasteiger partial charge in [0.25, 0.3) is 0 Å². The monoisotopic (exact) mass is 436 g/mol. The Labute approximate surface area is 187 Å². The molecule has 0 unspecified atom stereocenters. The van der Waals surface area contributed by atoms with Crippen molar-refractivity contribution in [1.82, 2.24) is 20.4 Å². The van der Waals surface area contributed by atoms with Crippen LogP contribution in [0.1, 0.15) is 58.9 Å². The van der Waals surface area contributed by atoms with E-state index in [1.807, 2.05) is 12.1 Å². The molecule has 2 aliphatic rings. The lowest BCUT2D eigenvalue weighted by atomic mass is 9.79. The van der Waals surface area contributed by atoms with Crippen LogP contribution in [0.15, 0.2) is 24.3 Å². The Morgan fingerprint density at radius 2 is 1.76 bits per heavy atom. The molecule has 162 valence electrons. The minimum atomic E-state index is 0.0934. The molecular weight excluding hydrogens is 400 g/mol. The maximum Gasteiger partial charge on any atom is 0.169 e. The average Bonchev–Trinajstić information content (AvgIpc) is 2.59. The van der Waals surface area contributed by atoms with Crippen LogP contribution in [0.2, 0.25) is 5.02 Å². The van der Waals surface area contributed by atoms with E-state index in [9.17, 15) is 0 Å². The molecular formula is C23H37ClN4S. The van der Waals surface area contributed by atoms with Gasteiger partial charge in [-0.2, -0.15) is 0 Å². The van der Waals surface area contributed by atoms with Gasteiger partial charge < -0.3 is 20.4 Å². The van der Waals surface area contributed by atoms with Gasteiger partial charge in [-0.3, -0.25) is 0 Å². The molecule has 4 nitrogen and oxygen atoms in total. The first kappa shape index (κ1) is 22.8. The molecule has 2 saturated heterocycles. The summed E-state index contributed by atoms with van der Waals surface area (Å²) < 4.78 is 0. The van der Waals surface area contributed by atoms with E-state index in [2.05, 4.69) is 67.3 Å². The Bertz CT molecular complexity index is 697. The van der Waals surface area contributed by atoms with Crippen molar-refractivity contribution in [2.24, 2.45) is 0 Å². The van der Waals surface area contributed by atoms with Crippen molar-refractivity contribution in [2.45, 2.75) is 83.1 Å². The van der Waals surface area contributed by atoms with Crippen LogP contribution >= 0.6 is 23.8 Å². The molecule has 1 aromatic rings. The van der Waals surface area contributed by atoms with Crippen LogP contribution in [-0.4, -0.2) is 58.2 Å². The highest BCUT2D eigenvalue weighted by molar-refractivity contribution is 7.80. The molecule has 0 spiro atoms. The summed E-state index contributed by atoms with van der Waals surface area (Å²) in [5.41, 5.74) is 1.33. The van der Waals surface area contributed by atoms with E-state index in [-0.39, 0.29) is 11.1 Å². The second kappa shape index (κ2) is 9.09. The zero-order valence-electron chi connectivity index (χ0n) is 18.6. The van der Waals surface area contributed by atoms with E-state index in [1.54, 1.807) is 0 Å². The summed E-state index contributed by atoms with van der Waals surface area (Å²) in [6, 6.07) is 8.95. The molecule has 0 radical (unpaired) electrons. The van der Waals surface area contributed by atoms with Gasteiger partial charge in [-0.05, 0) is 97.4 Å². The third-order valence-corrected chi connectivity index (χ3v) is 6.93. The Hall–Kier alpha value is -0.880. The minimum absolute atomic E-state index is 0.0934. The predicted octanol–water partition coefficient (Wildman–Crippen LogP) is 4.42. The Morgan fingerprint density at radius 1 is 1.17 bits per heavy atom. The Kier molecular flexibility index (Phi) is 7.14. The quantitative estimate of drug-likeness (QED) is 0.682. The van der Waals surface area contributed by atoms with Crippen molar-refractivity contribution in [2.75, 3.05) is 20.1 Å². The molecule has 0 aliphatic carbocycles. The first-order valence-corrected chi connectivity index (χ1v) is 11.6. The standard InChI is InChI=1S/C23H37ClN4S/c1-22(2)14-18(15-23(3,4)26-22)25-21(29)28(19-10-12-27(5)13-11-19)16-17-8-6-7-9-20(17)24/h6-9,18-19,26H,10-16H2,1-5H3,(H,25,29). The lowest BCUT2D eigenvalue weighted by molar-refractivity contribution is 0.145. The number of halogens is 1. The smallest absolute Gasteiger partial charge is 0.169 e. The van der Waals surface area contributed by atoms with Gasteiger partial charge in [-0.15, -0.1) is 0 Å². The number of benzene rings is 1. The second-order valence-electron chi connectivity index (χ2n) is 10.2. The lowest BCUT2D eigenvalue weighted by Crippen LogP contribution is -2.63. The van der Waals surface area contributed by atoms with Crippen molar-refractivity contribution < 1.29 is 0 Å². The normalized spacial score (nSPS) is 23.0. The molecule has 0 atom stereocenters. The van der Waals surface area contributed by atoms with E-state index < -0.39 is 0 Å². The van der Waals surface area contributed by atoms with Gasteiger partial charge in [-0.1, -0.05) is 29.8 Å². The molecule has 3 rings (SSSR count). The summed E-state index contributed by atoms with van der Waals surface area (Å²) in [5.74, 6) is 0. The SMILES string of the molecule is CN1CCC(N(Cc2ccccc2Cl)C(=S)NC2CC(C)(C)NC(C)(C)C2)CC1. The number of nitrogens with one attached hydrogen (secondary N) is 2. The van der Waals surface area contributed by atoms with Crippen LogP contribution in [0.5, 0.6) is 0 Å². The molecule has 0 amide bonds. The Balaban J connectivity index is 1.76. The second-order valence-corrected chi connectivity index (χ2v) is 11.0. The number of thiocarbonyl (C=S) groups is 1. The fourth-order valence-electron chi connectivity index (χ4n) is 5.17. The van der Waals surface area contributed by atoms with Crippen molar-refractivity contribution in [3.05, 3.63) is 34.9 Å². The van der Waals surface area contributed by atoms with Gasteiger partial charge in [0.15, 0.2) is 5.11 Å². The highest BCUT2D eigenvalue weighted by Crippen LogP contribution is 2.29. The predicted molar refractivity (Wildman–Crippen MR) is 128 cm³/mol. The van der Waals surface area contributed by atoms with Crippen LogP contribution < -0.4 is 10.6 Å². The number of rotatable bonds is 4. The van der Waals surface area contributed by atoms with E-state index >= 15 is 0 Å². The maximum atomic E-state index is 6.49. The first-order valence-electron chi connectivity index (χ1n) is 10.8. The average molecular weight is 437 g/mol. The number of hydrogen-bond donors (Lipinski definition) is 2. The number of nitrogens with zero attached hydrogens (tertiary/aromatic N) is 2.